The molecule has 0 radical (unpaired) electrons. The molecule has 0 N–H and O–H groups in total. The summed E-state index contributed by atoms with van der Waals surface area (Å²) in [5, 5.41) is 1.42. The number of hydrogen-bond donors (Lipinski definition) is 0. The maximum absolute atomic E-state index is 12.6. The van der Waals surface area contributed by atoms with E-state index in [1.54, 1.807) is 0 Å². The Balaban J connectivity index is -0.00000000323. The van der Waals surface area contributed by atoms with Crippen molar-refractivity contribution in [2.75, 3.05) is 47.4 Å². The lowest BCUT2D eigenvalue weighted by molar-refractivity contribution is -0.133. The lowest BCUT2D eigenvalue weighted by Gasteiger charge is -2.35. The summed E-state index contributed by atoms with van der Waals surface area (Å²) in [6.45, 7) is 6.66. The van der Waals surface area contributed by atoms with E-state index in [0.29, 0.717) is 28.3 Å². The van der Waals surface area contributed by atoms with Crippen LogP contribution >= 0.6 is 23.2 Å². The third-order valence-corrected chi connectivity index (χ3v) is 11.8. The molecule has 8 rings (SSSR count). The average Bonchev–Trinajstić information content (AvgIpc) is 3.36. The van der Waals surface area contributed by atoms with Crippen LogP contribution in [0.5, 0.6) is 0 Å². The zero-order valence-electron chi connectivity index (χ0n) is 29.9. The van der Waals surface area contributed by atoms with E-state index in [4.69, 9.17) is 37.9 Å². The first-order valence-corrected chi connectivity index (χ1v) is 18.8. The summed E-state index contributed by atoms with van der Waals surface area (Å²) in [6.07, 6.45) is 12.6. The number of likely N-dealkylation sites (tertiary alicyclic amines) is 2. The zero-order valence-corrected chi connectivity index (χ0v) is 31.4. The third kappa shape index (κ3) is 214. The second kappa shape index (κ2) is 435. The molecule has 0 bridgehead atoms. The highest BCUT2D eigenvalue weighted by Crippen LogP contribution is 2.46. The number of carbonyl (C=O) groups is 1. The summed E-state index contributed by atoms with van der Waals surface area (Å²) >= 11 is 12.6. The van der Waals surface area contributed by atoms with E-state index in [9.17, 15) is 4.79 Å². The minimum Gasteiger partial charge on any atom is -0.465 e. The van der Waals surface area contributed by atoms with Crippen LogP contribution in [0.1, 0.15) is 780 Å². The number of carbonyl (C=O) groups excluding carboxylic acids is 1. The third-order valence-electron chi connectivity index (χ3n) is 11.3. The van der Waals surface area contributed by atoms with E-state index in [0.717, 1.165) is 53.3 Å². The molecule has 2 aliphatic heterocycles. The minimum atomic E-state index is -0.350. The predicted octanol–water partition coefficient (Wildman–Crippen LogP) is 68.5. The molecule has 4 aliphatic rings. The largest absolute Gasteiger partial charge is 0.465 e. The molecular formula is C136H418Cl2N4O2. The molecule has 0 saturated carbocycles. The van der Waals surface area contributed by atoms with Gasteiger partial charge in [0.1, 0.15) is 0 Å². The van der Waals surface area contributed by atoms with E-state index >= 15 is 0 Å². The first kappa shape index (κ1) is 960. The number of allylic oxidation sites excluding steroid dienone is 1. The molecule has 4 aromatic rings. The van der Waals surface area contributed by atoms with Crippen molar-refractivity contribution in [2.45, 2.75) is 735 Å². The number of pyridine rings is 2. The Morgan fingerprint density at radius 3 is 0.604 bits per heavy atom. The van der Waals surface area contributed by atoms with Gasteiger partial charge in [0, 0.05) is 34.3 Å². The fraction of sp³-hybridized carbons (Fsp3) is 0.801. The highest BCUT2D eigenvalue weighted by Gasteiger charge is 2.36. The maximum Gasteiger partial charge on any atom is 0.338 e. The molecule has 4 heterocycles. The van der Waals surface area contributed by atoms with E-state index in [1.807, 2.05) is 54.9 Å². The Morgan fingerprint density at radius 2 is 0.424 bits per heavy atom. The molecule has 2 atom stereocenters. The second-order valence-corrected chi connectivity index (χ2v) is 15.4. The second-order valence-electron chi connectivity index (χ2n) is 14.5. The smallest absolute Gasteiger partial charge is 0.338 e. The quantitative estimate of drug-likeness (QED) is 0.191. The summed E-state index contributed by atoms with van der Waals surface area (Å²) in [4.78, 5) is 26.9. The fourth-order valence-electron chi connectivity index (χ4n) is 8.59. The van der Waals surface area contributed by atoms with Crippen molar-refractivity contribution in [3.05, 3.63) is 128 Å². The van der Waals surface area contributed by atoms with Crippen molar-refractivity contribution in [1.29, 1.82) is 0 Å². The van der Waals surface area contributed by atoms with Gasteiger partial charge in [0.2, 0.25) is 0 Å². The predicted molar refractivity (Wildman–Crippen MR) is 835 cm³/mol. The summed E-state index contributed by atoms with van der Waals surface area (Å²) in [5.41, 5.74) is 11.0. The van der Waals surface area contributed by atoms with Crippen LogP contribution in [0, 0.1) is 11.8 Å². The van der Waals surface area contributed by atoms with Crippen molar-refractivity contribution in [3.8, 4) is 0 Å². The van der Waals surface area contributed by atoms with Crippen molar-refractivity contribution < 1.29 is 9.53 Å². The minimum absolute atomic E-state index is 0. The van der Waals surface area contributed by atoms with E-state index in [2.05, 4.69) is 61.2 Å². The van der Waals surface area contributed by atoms with E-state index in [-0.39, 0.29) is 703 Å². The lowest BCUT2D eigenvalue weighted by Crippen LogP contribution is -2.33. The highest BCUT2D eigenvalue weighted by molar-refractivity contribution is 6.31. The van der Waals surface area contributed by atoms with Crippen LogP contribution in [0.3, 0.4) is 0 Å². The van der Waals surface area contributed by atoms with Gasteiger partial charge >= 0.3 is 5.97 Å². The Morgan fingerprint density at radius 1 is 0.257 bits per heavy atom. The standard InChI is InChI=1S/C22H23ClN2O2.C21H23ClN2.93CH4/c1-25-10-7-14(8-11-25)20-17-6-5-16(23)13-18(17)19(22(26)27-2)12-15-4-3-9-24-21(15)20;1-14-12-16-4-3-9-23-21(16)20(15-7-10-24(2)11-8-15)18-6-5-17(22)13-19(14)18;;;;;;;;;;;;;;;;;;;;;;;;;;;;;;;;;;;;;;;;;;;;;;;;;;;;;;;;;;;;;;;;;;;;;;;;;;;;;;;;;;;;;;;;;;;;;/h3-6,9,12-14,20H,7-8,10-11H2,1-2H3;3-6,9,12-13,15,20H,7-8,10-11H2,1-2H3;93*1H4. The van der Waals surface area contributed by atoms with Crippen LogP contribution < -0.4 is 0 Å². The zero-order chi connectivity index (χ0) is 35.6. The van der Waals surface area contributed by atoms with Crippen molar-refractivity contribution in [2.24, 2.45) is 11.8 Å². The molecule has 144 heavy (non-hydrogen) atoms. The molecule has 2 aromatic carbocycles. The topological polar surface area (TPSA) is 58.6 Å². The van der Waals surface area contributed by atoms with Gasteiger partial charge in [0.15, 0.2) is 0 Å². The van der Waals surface area contributed by atoms with Gasteiger partial charge in [0.05, 0.1) is 24.1 Å². The molecule has 8 heteroatoms. The molecule has 6 nitrogen and oxygen atoms in total. The molecule has 2 aliphatic carbocycles. The van der Waals surface area contributed by atoms with Gasteiger partial charge in [-0.3, -0.25) is 9.97 Å². The molecule has 2 aromatic heterocycles. The van der Waals surface area contributed by atoms with Crippen molar-refractivity contribution in [1.82, 2.24) is 19.8 Å². The van der Waals surface area contributed by atoms with Gasteiger partial charge < -0.3 is 14.5 Å². The Kier molecular flexibility index (Phi) is 2900. The number of benzene rings is 2. The van der Waals surface area contributed by atoms with Crippen LogP contribution in [-0.2, 0) is 9.53 Å². The van der Waals surface area contributed by atoms with Crippen molar-refractivity contribution in [3.63, 3.8) is 0 Å². The van der Waals surface area contributed by atoms with Gasteiger partial charge in [-0.05, 0) is 172 Å². The highest BCUT2D eigenvalue weighted by atomic mass is 35.5. The molecule has 2 unspecified atom stereocenters. The van der Waals surface area contributed by atoms with Gasteiger partial charge in [0.25, 0.3) is 0 Å². The molecular weight excluding hydrogens is 1790 g/mol. The Labute approximate surface area is 997 Å². The number of ether oxygens (including phenoxy) is 1. The van der Waals surface area contributed by atoms with Crippen LogP contribution in [0.2, 0.25) is 10.0 Å². The molecule has 2 saturated heterocycles. The van der Waals surface area contributed by atoms with Crippen LogP contribution in [0.15, 0.2) is 73.1 Å². The summed E-state index contributed by atoms with van der Waals surface area (Å²) < 4.78 is 5.07. The number of esters is 1. The maximum atomic E-state index is 12.6. The summed E-state index contributed by atoms with van der Waals surface area (Å²) in [7, 11) is 5.80. The van der Waals surface area contributed by atoms with Crippen LogP contribution in [0.4, 0.5) is 0 Å². The van der Waals surface area contributed by atoms with E-state index < -0.39 is 0 Å². The average molecular weight is 2210 g/mol. The van der Waals surface area contributed by atoms with Crippen molar-refractivity contribution >= 4 is 52.5 Å². The Hall–Kier alpha value is -3.81. The Bertz CT molecular complexity index is 1990. The molecule has 2 fully saturated rings. The van der Waals surface area contributed by atoms with E-state index in [1.165, 1.54) is 61.0 Å². The van der Waals surface area contributed by atoms with Crippen LogP contribution in [0.25, 0.3) is 23.3 Å². The first-order valence-electron chi connectivity index (χ1n) is 18.1. The SMILES string of the molecule is C.C.C.C.C.C.C.C.C.C.C.C.C.C.C.C.C.C.C.C.C.C.C.C.C.C.C.C.C.C.C.C.C.C.C.C.C.C.C.C.C.C.C.C.C.C.C.C.C.C.C.C.C.C.C.C.C.C.C.C.C.C.C.C.C.C.C.C.C.C.C.C.C.C.C.C.C.C.C.C.C.C.C.C.C.C.C.C.C.C.C.C.C.CC1=Cc2cccnc2C(C2CCN(C)CC2)c2ccc(Cl)cc21.COC(=O)C1=Cc2cccnc2C(C2CCN(C)CC2)c2ccc(Cl)cc21. The first-order chi connectivity index (χ1) is 24.7. The number of piperidine rings is 2. The monoisotopic (exact) mass is 2210 g/mol. The number of nitrogens with zero attached hydrogens (tertiary/aromatic N) is 4. The summed E-state index contributed by atoms with van der Waals surface area (Å²) in [6, 6.07) is 20.4. The van der Waals surface area contributed by atoms with Gasteiger partial charge in [-0.15, -0.1) is 0 Å². The summed E-state index contributed by atoms with van der Waals surface area (Å²) in [5.74, 6) is 1.25. The van der Waals surface area contributed by atoms with Gasteiger partial charge in [-0.2, -0.15) is 0 Å². The number of aromatic nitrogens is 2. The normalized spacial score (nSPS) is 7.40. The number of hydrogen-bond acceptors (Lipinski definition) is 6. The molecule has 0 amide bonds. The number of halogens is 2. The molecule has 1008 valence electrons. The fourth-order valence-corrected chi connectivity index (χ4v) is 8.94. The number of methoxy groups -OCH3 is 1. The lowest BCUT2D eigenvalue weighted by atomic mass is 9.76. The van der Waals surface area contributed by atoms with Crippen LogP contribution in [-0.4, -0.2) is 73.1 Å². The number of fused-ring (bicyclic) bond motifs is 4. The van der Waals surface area contributed by atoms with Gasteiger partial charge in [-0.1, -0.05) is 738 Å². The molecule has 0 spiro atoms. The number of rotatable bonds is 3. The van der Waals surface area contributed by atoms with Gasteiger partial charge in [-0.25, -0.2) is 4.79 Å².